The minimum Gasteiger partial charge on any atom is -0.110 e. The topological polar surface area (TPSA) is 0 Å². The lowest BCUT2D eigenvalue weighted by Crippen LogP contribution is -1.84. The van der Waals surface area contributed by atoms with Crippen molar-refractivity contribution in [1.29, 1.82) is 0 Å². The normalized spacial score (nSPS) is 14.1. The molecule has 0 saturated heterocycles. The van der Waals surface area contributed by atoms with Crippen LogP contribution in [0.5, 0.6) is 0 Å². The van der Waals surface area contributed by atoms with Gasteiger partial charge in [0.1, 0.15) is 0 Å². The predicted octanol–water partition coefficient (Wildman–Crippen LogP) is 3.24. The van der Waals surface area contributed by atoms with Gasteiger partial charge in [-0.1, -0.05) is 13.3 Å². The Morgan fingerprint density at radius 2 is 2.29 bits per heavy atom. The molecule has 0 rings (SSSR count). The first-order chi connectivity index (χ1) is 3.31. The van der Waals surface area contributed by atoms with Gasteiger partial charge in [-0.05, 0) is 28.1 Å². The van der Waals surface area contributed by atoms with Gasteiger partial charge >= 0.3 is 0 Å². The Labute approximate surface area is 58.1 Å². The maximum absolute atomic E-state index is 5.60. The Kier molecular flexibility index (Phi) is 5.75. The molecule has 0 fully saturated rings. The first kappa shape index (κ1) is 7.93. The summed E-state index contributed by atoms with van der Waals surface area (Å²) in [5.41, 5.74) is 0. The number of alkyl halides is 1. The van der Waals surface area contributed by atoms with Crippen LogP contribution in [-0.4, -0.2) is 4.71 Å². The van der Waals surface area contributed by atoms with Crippen LogP contribution in [0.3, 0.4) is 0 Å². The van der Waals surface area contributed by atoms with Gasteiger partial charge in [0, 0.05) is 0 Å². The van der Waals surface area contributed by atoms with Crippen LogP contribution in [0, 0.1) is 0 Å². The van der Waals surface area contributed by atoms with E-state index in [2.05, 4.69) is 6.92 Å². The zero-order valence-corrected chi connectivity index (χ0v) is 6.48. The van der Waals surface area contributed by atoms with Crippen molar-refractivity contribution in [1.82, 2.24) is 0 Å². The van der Waals surface area contributed by atoms with E-state index < -0.39 is 0 Å². The zero-order valence-electron chi connectivity index (χ0n) is 4.16. The minimum absolute atomic E-state index is 0.103. The van der Waals surface area contributed by atoms with E-state index in [-0.39, 0.29) is 4.71 Å². The Balaban J connectivity index is 2.83. The fraction of sp³-hybridized carbons (Fsp3) is 1.00. The van der Waals surface area contributed by atoms with E-state index in [0.717, 1.165) is 12.8 Å². The van der Waals surface area contributed by atoms with E-state index in [9.17, 15) is 0 Å². The summed E-state index contributed by atoms with van der Waals surface area (Å²) in [6, 6.07) is 0. The molecule has 0 N–H and O–H groups in total. The Morgan fingerprint density at radius 1 is 1.71 bits per heavy atom. The second kappa shape index (κ2) is 5.07. The van der Waals surface area contributed by atoms with Crippen LogP contribution in [0.15, 0.2) is 0 Å². The molecule has 0 heterocycles. The zero-order chi connectivity index (χ0) is 5.70. The average molecular weight is 159 g/mol. The van der Waals surface area contributed by atoms with Gasteiger partial charge in [0.05, 0.1) is 4.71 Å². The van der Waals surface area contributed by atoms with E-state index in [1.54, 1.807) is 0 Å². The molecule has 1 unspecified atom stereocenters. The predicted molar refractivity (Wildman–Crippen MR) is 38.0 cm³/mol. The SMILES string of the molecule is CCCC(Cl)SCl. The molecular formula is C4H8Cl2S. The standard InChI is InChI=1S/C4H8Cl2S/c1-2-3-4(5)7-6/h4H,2-3H2,1H3. The molecular weight excluding hydrogens is 151 g/mol. The van der Waals surface area contributed by atoms with E-state index in [1.807, 2.05) is 0 Å². The van der Waals surface area contributed by atoms with Crippen molar-refractivity contribution in [3.05, 3.63) is 0 Å². The van der Waals surface area contributed by atoms with E-state index >= 15 is 0 Å². The fourth-order valence-electron chi connectivity index (χ4n) is 0.272. The molecule has 0 radical (unpaired) electrons. The summed E-state index contributed by atoms with van der Waals surface area (Å²) < 4.78 is 0.103. The van der Waals surface area contributed by atoms with Crippen molar-refractivity contribution < 1.29 is 0 Å². The maximum atomic E-state index is 5.60. The third-order valence-corrected chi connectivity index (χ3v) is 2.45. The van der Waals surface area contributed by atoms with Crippen LogP contribution in [0.2, 0.25) is 0 Å². The Morgan fingerprint density at radius 3 is 2.43 bits per heavy atom. The van der Waals surface area contributed by atoms with Gasteiger partial charge in [-0.25, -0.2) is 0 Å². The average Bonchev–Trinajstić information content (AvgIpc) is 1.68. The lowest BCUT2D eigenvalue weighted by molar-refractivity contribution is 0.867. The molecule has 0 aliphatic carbocycles. The van der Waals surface area contributed by atoms with Gasteiger partial charge in [-0.2, -0.15) is 0 Å². The molecule has 0 aromatic carbocycles. The second-order valence-corrected chi connectivity index (χ2v) is 3.36. The summed E-state index contributed by atoms with van der Waals surface area (Å²) >= 11 is 5.60. The van der Waals surface area contributed by atoms with Crippen LogP contribution in [0.1, 0.15) is 19.8 Å². The summed E-state index contributed by atoms with van der Waals surface area (Å²) in [7, 11) is 6.50. The highest BCUT2D eigenvalue weighted by molar-refractivity contribution is 8.22. The van der Waals surface area contributed by atoms with Gasteiger partial charge in [-0.15, -0.1) is 11.6 Å². The molecule has 0 saturated carbocycles. The molecule has 3 heteroatoms. The fourth-order valence-corrected chi connectivity index (χ4v) is 1.08. The van der Waals surface area contributed by atoms with Crippen LogP contribution in [0.4, 0.5) is 0 Å². The molecule has 0 aliphatic heterocycles. The quantitative estimate of drug-likeness (QED) is 0.569. The third-order valence-electron chi connectivity index (χ3n) is 0.612. The number of hydrogen-bond acceptors (Lipinski definition) is 1. The van der Waals surface area contributed by atoms with Crippen molar-refractivity contribution in [3.8, 4) is 0 Å². The third kappa shape index (κ3) is 4.79. The van der Waals surface area contributed by atoms with Crippen LogP contribution < -0.4 is 0 Å². The molecule has 1 atom stereocenters. The molecule has 7 heavy (non-hydrogen) atoms. The first-order valence-corrected chi connectivity index (χ1v) is 4.37. The molecule has 0 spiro atoms. The number of halogens is 2. The van der Waals surface area contributed by atoms with Gasteiger partial charge in [0.2, 0.25) is 0 Å². The second-order valence-electron chi connectivity index (χ2n) is 1.29. The Hall–Kier alpha value is 0.930. The van der Waals surface area contributed by atoms with Gasteiger partial charge in [-0.3, -0.25) is 0 Å². The molecule has 0 aromatic heterocycles. The van der Waals surface area contributed by atoms with Gasteiger partial charge in [0.25, 0.3) is 0 Å². The highest BCUT2D eigenvalue weighted by atomic mass is 35.7. The molecule has 0 aromatic rings. The smallest absolute Gasteiger partial charge is 0.0940 e. The molecule has 0 bridgehead atoms. The lowest BCUT2D eigenvalue weighted by Gasteiger charge is -1.97. The lowest BCUT2D eigenvalue weighted by atomic mass is 10.4. The van der Waals surface area contributed by atoms with Crippen molar-refractivity contribution in [3.63, 3.8) is 0 Å². The summed E-state index contributed by atoms with van der Waals surface area (Å²) in [5, 5.41) is 0. The van der Waals surface area contributed by atoms with Crippen molar-refractivity contribution in [2.45, 2.75) is 24.5 Å². The number of hydrogen-bond donors (Lipinski definition) is 0. The summed E-state index contributed by atoms with van der Waals surface area (Å²) in [6.07, 6.45) is 2.10. The van der Waals surface area contributed by atoms with Crippen molar-refractivity contribution in [2.24, 2.45) is 0 Å². The van der Waals surface area contributed by atoms with Gasteiger partial charge in [0.15, 0.2) is 0 Å². The van der Waals surface area contributed by atoms with Crippen LogP contribution in [0.25, 0.3) is 0 Å². The summed E-state index contributed by atoms with van der Waals surface area (Å²) in [5.74, 6) is 0. The summed E-state index contributed by atoms with van der Waals surface area (Å²) in [4.78, 5) is 0. The van der Waals surface area contributed by atoms with Crippen molar-refractivity contribution in [2.75, 3.05) is 0 Å². The number of rotatable bonds is 3. The highest BCUT2D eigenvalue weighted by Crippen LogP contribution is 2.23. The minimum atomic E-state index is 0.103. The maximum Gasteiger partial charge on any atom is 0.0940 e. The summed E-state index contributed by atoms with van der Waals surface area (Å²) in [6.45, 7) is 2.09. The molecule has 0 aliphatic rings. The van der Waals surface area contributed by atoms with Crippen LogP contribution in [-0.2, 0) is 0 Å². The molecule has 0 nitrogen and oxygen atoms in total. The molecule has 0 amide bonds. The molecule has 44 valence electrons. The first-order valence-electron chi connectivity index (χ1n) is 2.22. The Bertz CT molecular complexity index is 40.7. The monoisotopic (exact) mass is 158 g/mol. The van der Waals surface area contributed by atoms with Crippen LogP contribution >= 0.6 is 33.3 Å². The van der Waals surface area contributed by atoms with Crippen molar-refractivity contribution >= 4 is 33.3 Å². The highest BCUT2D eigenvalue weighted by Gasteiger charge is 1.98. The largest absolute Gasteiger partial charge is 0.110 e. The van der Waals surface area contributed by atoms with E-state index in [0.29, 0.717) is 0 Å². The van der Waals surface area contributed by atoms with E-state index in [4.69, 9.17) is 22.3 Å². The van der Waals surface area contributed by atoms with Gasteiger partial charge < -0.3 is 0 Å². The van der Waals surface area contributed by atoms with E-state index in [1.165, 1.54) is 11.0 Å².